The second-order valence-electron chi connectivity index (χ2n) is 4.86. The quantitative estimate of drug-likeness (QED) is 0.798. The van der Waals surface area contributed by atoms with Gasteiger partial charge in [-0.15, -0.1) is 0 Å². The number of nitrogens with one attached hydrogen (secondary N) is 1. The zero-order valence-electron chi connectivity index (χ0n) is 12.1. The van der Waals surface area contributed by atoms with Crippen LogP contribution in [0.2, 0.25) is 0 Å². The molecule has 0 radical (unpaired) electrons. The fraction of sp³-hybridized carbons (Fsp3) is 0.467. The van der Waals surface area contributed by atoms with Gasteiger partial charge in [0.05, 0.1) is 23.3 Å². The van der Waals surface area contributed by atoms with Crippen molar-refractivity contribution in [1.82, 2.24) is 14.9 Å². The minimum atomic E-state index is 0.159. The number of nitrogens with zero attached hydrogens (tertiary/aromatic N) is 2. The first-order chi connectivity index (χ1) is 9.70. The molecule has 0 atom stereocenters. The molecule has 20 heavy (non-hydrogen) atoms. The van der Waals surface area contributed by atoms with Crippen LogP contribution >= 0.6 is 11.8 Å². The summed E-state index contributed by atoms with van der Waals surface area (Å²) in [5.41, 5.74) is 1.96. The summed E-state index contributed by atoms with van der Waals surface area (Å²) in [7, 11) is 1.83. The minimum absolute atomic E-state index is 0.159. The van der Waals surface area contributed by atoms with E-state index in [0.717, 1.165) is 22.6 Å². The Hall–Kier alpha value is -1.49. The Morgan fingerprint density at radius 1 is 1.40 bits per heavy atom. The molecular weight excluding hydrogens is 270 g/mol. The smallest absolute Gasteiger partial charge is 0.232 e. The van der Waals surface area contributed by atoms with E-state index in [1.165, 1.54) is 12.8 Å². The summed E-state index contributed by atoms with van der Waals surface area (Å²) in [4.78, 5) is 21.5. The van der Waals surface area contributed by atoms with Crippen molar-refractivity contribution in [3.05, 3.63) is 30.1 Å². The number of amides is 1. The first-order valence-corrected chi connectivity index (χ1v) is 8.11. The summed E-state index contributed by atoms with van der Waals surface area (Å²) < 4.78 is 0. The third-order valence-corrected chi connectivity index (χ3v) is 4.15. The van der Waals surface area contributed by atoms with Gasteiger partial charge in [0.1, 0.15) is 5.82 Å². The number of aromatic nitrogens is 2. The fourth-order valence-corrected chi connectivity index (χ4v) is 2.94. The molecule has 4 nitrogen and oxygen atoms in total. The van der Waals surface area contributed by atoms with Gasteiger partial charge in [0.25, 0.3) is 0 Å². The number of H-pyrrole nitrogens is 1. The van der Waals surface area contributed by atoms with Crippen LogP contribution < -0.4 is 0 Å². The van der Waals surface area contributed by atoms with Crippen LogP contribution in [-0.2, 0) is 11.3 Å². The molecule has 1 aromatic heterocycles. The number of aromatic amines is 1. The van der Waals surface area contributed by atoms with Crippen molar-refractivity contribution in [3.8, 4) is 0 Å². The summed E-state index contributed by atoms with van der Waals surface area (Å²) in [5, 5.41) is 0. The van der Waals surface area contributed by atoms with Gasteiger partial charge in [0.15, 0.2) is 0 Å². The molecular formula is C15H21N3OS. The van der Waals surface area contributed by atoms with Crippen LogP contribution in [0, 0.1) is 0 Å². The maximum atomic E-state index is 12.0. The second kappa shape index (κ2) is 7.33. The van der Waals surface area contributed by atoms with Gasteiger partial charge in [-0.2, -0.15) is 11.8 Å². The number of carbonyl (C=O) groups excluding carboxylic acids is 1. The molecule has 1 aromatic carbocycles. The number of rotatable bonds is 7. The first kappa shape index (κ1) is 14.9. The Bertz CT molecular complexity index is 534. The van der Waals surface area contributed by atoms with Gasteiger partial charge in [-0.1, -0.05) is 25.5 Å². The highest BCUT2D eigenvalue weighted by molar-refractivity contribution is 7.99. The minimum Gasteiger partial charge on any atom is -0.340 e. The molecule has 0 aliphatic carbocycles. The predicted octanol–water partition coefficient (Wildman–Crippen LogP) is 3.05. The molecule has 0 saturated heterocycles. The number of benzene rings is 1. The average Bonchev–Trinajstić information content (AvgIpc) is 2.85. The summed E-state index contributed by atoms with van der Waals surface area (Å²) in [6, 6.07) is 7.90. The molecule has 0 aliphatic heterocycles. The SMILES string of the molecule is CCCCSCC(=O)N(C)Cc1nc2ccccc2[nH]1. The van der Waals surface area contributed by atoms with Crippen molar-refractivity contribution in [1.29, 1.82) is 0 Å². The third-order valence-electron chi connectivity index (χ3n) is 3.12. The molecule has 0 spiro atoms. The van der Waals surface area contributed by atoms with E-state index in [4.69, 9.17) is 0 Å². The van der Waals surface area contributed by atoms with Crippen molar-refractivity contribution in [2.75, 3.05) is 18.6 Å². The van der Waals surface area contributed by atoms with Crippen molar-refractivity contribution < 1.29 is 4.79 Å². The van der Waals surface area contributed by atoms with Crippen molar-refractivity contribution in [3.63, 3.8) is 0 Å². The van der Waals surface area contributed by atoms with Gasteiger partial charge in [-0.25, -0.2) is 4.98 Å². The van der Waals surface area contributed by atoms with Crippen LogP contribution in [0.4, 0.5) is 0 Å². The number of thioether (sulfide) groups is 1. The van der Waals surface area contributed by atoms with Crippen LogP contribution in [0.15, 0.2) is 24.3 Å². The lowest BCUT2D eigenvalue weighted by Gasteiger charge is -2.15. The highest BCUT2D eigenvalue weighted by Gasteiger charge is 2.11. The summed E-state index contributed by atoms with van der Waals surface area (Å²) in [5.74, 6) is 2.60. The van der Waals surface area contributed by atoms with Crippen molar-refractivity contribution in [2.24, 2.45) is 0 Å². The topological polar surface area (TPSA) is 49.0 Å². The molecule has 1 N–H and O–H groups in total. The lowest BCUT2D eigenvalue weighted by Crippen LogP contribution is -2.28. The largest absolute Gasteiger partial charge is 0.340 e. The van der Waals surface area contributed by atoms with Crippen LogP contribution in [0.5, 0.6) is 0 Å². The predicted molar refractivity (Wildman–Crippen MR) is 84.8 cm³/mol. The van der Waals surface area contributed by atoms with Crippen LogP contribution in [-0.4, -0.2) is 39.3 Å². The van der Waals surface area contributed by atoms with E-state index in [1.54, 1.807) is 16.7 Å². The highest BCUT2D eigenvalue weighted by atomic mass is 32.2. The Balaban J connectivity index is 1.86. The zero-order valence-corrected chi connectivity index (χ0v) is 12.9. The maximum Gasteiger partial charge on any atom is 0.232 e. The van der Waals surface area contributed by atoms with Gasteiger partial charge >= 0.3 is 0 Å². The molecule has 5 heteroatoms. The molecule has 1 heterocycles. The normalized spacial score (nSPS) is 10.9. The maximum absolute atomic E-state index is 12.0. The van der Waals surface area contributed by atoms with Gasteiger partial charge < -0.3 is 9.88 Å². The van der Waals surface area contributed by atoms with E-state index >= 15 is 0 Å². The Morgan fingerprint density at radius 2 is 2.20 bits per heavy atom. The number of imidazole rings is 1. The van der Waals surface area contributed by atoms with Crippen LogP contribution in [0.3, 0.4) is 0 Å². The molecule has 0 bridgehead atoms. The van der Waals surface area contributed by atoms with E-state index in [-0.39, 0.29) is 5.91 Å². The molecule has 1 amide bonds. The lowest BCUT2D eigenvalue weighted by molar-refractivity contribution is -0.127. The number of para-hydroxylation sites is 2. The van der Waals surface area contributed by atoms with E-state index in [1.807, 2.05) is 31.3 Å². The fourth-order valence-electron chi connectivity index (χ4n) is 1.91. The Morgan fingerprint density at radius 3 is 2.95 bits per heavy atom. The van der Waals surface area contributed by atoms with Crippen LogP contribution in [0.1, 0.15) is 25.6 Å². The molecule has 0 unspecified atom stereocenters. The summed E-state index contributed by atoms with van der Waals surface area (Å²) in [6.07, 6.45) is 2.35. The van der Waals surface area contributed by atoms with E-state index < -0.39 is 0 Å². The Kier molecular flexibility index (Phi) is 5.47. The van der Waals surface area contributed by atoms with E-state index in [9.17, 15) is 4.79 Å². The zero-order chi connectivity index (χ0) is 14.4. The number of fused-ring (bicyclic) bond motifs is 1. The van der Waals surface area contributed by atoms with Crippen molar-refractivity contribution in [2.45, 2.75) is 26.3 Å². The van der Waals surface area contributed by atoms with Crippen LogP contribution in [0.25, 0.3) is 11.0 Å². The molecule has 0 saturated carbocycles. The second-order valence-corrected chi connectivity index (χ2v) is 5.96. The first-order valence-electron chi connectivity index (χ1n) is 6.96. The lowest BCUT2D eigenvalue weighted by atomic mass is 10.3. The van der Waals surface area contributed by atoms with E-state index in [2.05, 4.69) is 16.9 Å². The average molecular weight is 291 g/mol. The van der Waals surface area contributed by atoms with Gasteiger partial charge in [0, 0.05) is 7.05 Å². The number of unbranched alkanes of at least 4 members (excludes halogenated alkanes) is 1. The molecule has 0 aliphatic rings. The Labute approximate surface area is 124 Å². The standard InChI is InChI=1S/C15H21N3OS/c1-3-4-9-20-11-15(19)18(2)10-14-16-12-7-5-6-8-13(12)17-14/h5-8H,3-4,9-11H2,1-2H3,(H,16,17). The number of hydrogen-bond acceptors (Lipinski definition) is 3. The third kappa shape index (κ3) is 4.00. The summed E-state index contributed by atoms with van der Waals surface area (Å²) in [6.45, 7) is 2.69. The van der Waals surface area contributed by atoms with Gasteiger partial charge in [-0.3, -0.25) is 4.79 Å². The monoisotopic (exact) mass is 291 g/mol. The van der Waals surface area contributed by atoms with Gasteiger partial charge in [-0.05, 0) is 24.3 Å². The van der Waals surface area contributed by atoms with Gasteiger partial charge in [0.2, 0.25) is 5.91 Å². The molecule has 2 aromatic rings. The number of hydrogen-bond donors (Lipinski definition) is 1. The molecule has 2 rings (SSSR count). The number of carbonyl (C=O) groups is 1. The summed E-state index contributed by atoms with van der Waals surface area (Å²) >= 11 is 1.71. The molecule has 0 fully saturated rings. The van der Waals surface area contributed by atoms with Crippen molar-refractivity contribution >= 4 is 28.7 Å². The highest BCUT2D eigenvalue weighted by Crippen LogP contribution is 2.12. The van der Waals surface area contributed by atoms with E-state index in [0.29, 0.717) is 12.3 Å². The molecule has 108 valence electrons.